The minimum atomic E-state index is -0.922. The van der Waals surface area contributed by atoms with Crippen LogP contribution in [0.1, 0.15) is 24.0 Å². The highest BCUT2D eigenvalue weighted by molar-refractivity contribution is 7.85. The molecule has 0 aromatic heterocycles. The van der Waals surface area contributed by atoms with Crippen molar-refractivity contribution in [3.8, 4) is 0 Å². The van der Waals surface area contributed by atoms with Gasteiger partial charge in [0.1, 0.15) is 0 Å². The highest BCUT2D eigenvalue weighted by atomic mass is 32.2. The van der Waals surface area contributed by atoms with Gasteiger partial charge in [0.25, 0.3) is 0 Å². The van der Waals surface area contributed by atoms with Gasteiger partial charge in [0.05, 0.1) is 10.8 Å². The molecule has 18 heavy (non-hydrogen) atoms. The zero-order chi connectivity index (χ0) is 13.0. The Bertz CT molecular complexity index is 517. The summed E-state index contributed by atoms with van der Waals surface area (Å²) >= 11 is 0. The van der Waals surface area contributed by atoms with E-state index in [1.54, 1.807) is 0 Å². The van der Waals surface area contributed by atoms with Gasteiger partial charge < -0.3 is 0 Å². The molecule has 0 aliphatic heterocycles. The van der Waals surface area contributed by atoms with Crippen LogP contribution in [-0.2, 0) is 10.8 Å². The van der Waals surface area contributed by atoms with Crippen molar-refractivity contribution in [3.63, 3.8) is 0 Å². The maximum absolute atomic E-state index is 12.3. The predicted octanol–water partition coefficient (Wildman–Crippen LogP) is 3.91. The molecule has 1 nitrogen and oxygen atoms in total. The second-order valence-electron chi connectivity index (χ2n) is 4.64. The molecular formula is C16H18OS. The molecule has 0 aliphatic carbocycles. The fourth-order valence-electron chi connectivity index (χ4n) is 1.89. The van der Waals surface area contributed by atoms with Gasteiger partial charge in [-0.15, -0.1) is 0 Å². The highest BCUT2D eigenvalue weighted by Gasteiger charge is 2.11. The lowest BCUT2D eigenvalue weighted by Gasteiger charge is -2.11. The van der Waals surface area contributed by atoms with Gasteiger partial charge in [0, 0.05) is 10.6 Å². The van der Waals surface area contributed by atoms with Crippen LogP contribution in [0.4, 0.5) is 0 Å². The Hall–Kier alpha value is -1.41. The zero-order valence-electron chi connectivity index (χ0n) is 10.8. The Kier molecular flexibility index (Phi) is 4.32. The maximum atomic E-state index is 12.3. The summed E-state index contributed by atoms with van der Waals surface area (Å²) in [5.74, 6) is 0.987. The fourth-order valence-corrected chi connectivity index (χ4v) is 3.17. The Morgan fingerprint density at radius 2 is 1.61 bits per heavy atom. The van der Waals surface area contributed by atoms with Crippen molar-refractivity contribution >= 4 is 10.8 Å². The molecule has 0 saturated carbocycles. The van der Waals surface area contributed by atoms with Crippen LogP contribution in [0.15, 0.2) is 59.5 Å². The van der Waals surface area contributed by atoms with E-state index in [0.717, 1.165) is 4.90 Å². The third-order valence-corrected chi connectivity index (χ3v) is 4.65. The number of benzene rings is 2. The Balaban J connectivity index is 2.06. The second-order valence-corrected chi connectivity index (χ2v) is 6.13. The molecule has 2 rings (SSSR count). The standard InChI is InChI=1S/C16H18OS/c1-13-8-10-16(11-9-13)18(17)12-14(2)15-6-4-3-5-7-15/h3-11,14H,12H2,1-2H3/t14-,18?/m1/s1. The van der Waals surface area contributed by atoms with E-state index in [1.165, 1.54) is 11.1 Å². The summed E-state index contributed by atoms with van der Waals surface area (Å²) < 4.78 is 12.3. The molecule has 1 unspecified atom stereocenters. The van der Waals surface area contributed by atoms with E-state index in [0.29, 0.717) is 11.7 Å². The predicted molar refractivity (Wildman–Crippen MR) is 77.3 cm³/mol. The Labute approximate surface area is 111 Å². The lowest BCUT2D eigenvalue weighted by Crippen LogP contribution is -2.06. The van der Waals surface area contributed by atoms with Gasteiger partial charge in [0.15, 0.2) is 0 Å². The van der Waals surface area contributed by atoms with Crippen LogP contribution in [0.5, 0.6) is 0 Å². The first kappa shape index (κ1) is 13.0. The average Bonchev–Trinajstić information content (AvgIpc) is 2.40. The molecule has 0 saturated heterocycles. The van der Waals surface area contributed by atoms with E-state index in [4.69, 9.17) is 0 Å². The van der Waals surface area contributed by atoms with Crippen molar-refractivity contribution in [2.24, 2.45) is 0 Å². The summed E-state index contributed by atoms with van der Waals surface area (Å²) in [6.07, 6.45) is 0. The number of rotatable bonds is 4. The van der Waals surface area contributed by atoms with Crippen LogP contribution in [0, 0.1) is 6.92 Å². The third kappa shape index (κ3) is 3.30. The number of aryl methyl sites for hydroxylation is 1. The van der Waals surface area contributed by atoms with Crippen LogP contribution in [-0.4, -0.2) is 9.96 Å². The van der Waals surface area contributed by atoms with Crippen LogP contribution in [0.2, 0.25) is 0 Å². The largest absolute Gasteiger partial charge is 0.254 e. The van der Waals surface area contributed by atoms with Gasteiger partial charge in [-0.25, -0.2) is 0 Å². The first-order chi connectivity index (χ1) is 8.66. The van der Waals surface area contributed by atoms with Crippen molar-refractivity contribution in [2.45, 2.75) is 24.7 Å². The summed E-state index contributed by atoms with van der Waals surface area (Å²) in [6.45, 7) is 4.17. The average molecular weight is 258 g/mol. The molecule has 0 amide bonds. The molecule has 0 heterocycles. The molecular weight excluding hydrogens is 240 g/mol. The molecule has 0 radical (unpaired) electrons. The van der Waals surface area contributed by atoms with Crippen molar-refractivity contribution in [1.29, 1.82) is 0 Å². The van der Waals surface area contributed by atoms with E-state index in [2.05, 4.69) is 19.1 Å². The van der Waals surface area contributed by atoms with Gasteiger partial charge in [-0.1, -0.05) is 55.0 Å². The van der Waals surface area contributed by atoms with Crippen molar-refractivity contribution in [2.75, 3.05) is 5.75 Å². The number of hydrogen-bond acceptors (Lipinski definition) is 1. The van der Waals surface area contributed by atoms with Gasteiger partial charge in [-0.3, -0.25) is 4.21 Å². The second kappa shape index (κ2) is 5.96. The SMILES string of the molecule is Cc1ccc(S(=O)C[C@@H](C)c2ccccc2)cc1. The smallest absolute Gasteiger partial charge is 0.0535 e. The first-order valence-corrected chi connectivity index (χ1v) is 7.48. The van der Waals surface area contributed by atoms with Gasteiger partial charge in [-0.2, -0.15) is 0 Å². The quantitative estimate of drug-likeness (QED) is 0.812. The first-order valence-electron chi connectivity index (χ1n) is 6.17. The molecule has 0 spiro atoms. The van der Waals surface area contributed by atoms with Crippen LogP contribution in [0.25, 0.3) is 0 Å². The third-order valence-electron chi connectivity index (χ3n) is 3.05. The van der Waals surface area contributed by atoms with Crippen molar-refractivity contribution in [3.05, 3.63) is 65.7 Å². The molecule has 0 bridgehead atoms. The molecule has 2 aromatic carbocycles. The van der Waals surface area contributed by atoms with Gasteiger partial charge in [0.2, 0.25) is 0 Å². The van der Waals surface area contributed by atoms with E-state index in [1.807, 2.05) is 49.4 Å². The van der Waals surface area contributed by atoms with Crippen LogP contribution < -0.4 is 0 Å². The summed E-state index contributed by atoms with van der Waals surface area (Å²) in [4.78, 5) is 0.920. The monoisotopic (exact) mass is 258 g/mol. The Morgan fingerprint density at radius 3 is 2.22 bits per heavy atom. The lowest BCUT2D eigenvalue weighted by atomic mass is 10.0. The maximum Gasteiger partial charge on any atom is 0.0535 e. The topological polar surface area (TPSA) is 17.1 Å². The summed E-state index contributed by atoms with van der Waals surface area (Å²) in [7, 11) is -0.922. The Morgan fingerprint density at radius 1 is 1.00 bits per heavy atom. The minimum Gasteiger partial charge on any atom is -0.254 e. The normalized spacial score (nSPS) is 14.1. The van der Waals surface area contributed by atoms with E-state index >= 15 is 0 Å². The number of hydrogen-bond donors (Lipinski definition) is 0. The molecule has 0 N–H and O–H groups in total. The lowest BCUT2D eigenvalue weighted by molar-refractivity contribution is 0.677. The van der Waals surface area contributed by atoms with Crippen molar-refractivity contribution < 1.29 is 4.21 Å². The zero-order valence-corrected chi connectivity index (χ0v) is 11.6. The van der Waals surface area contributed by atoms with E-state index in [9.17, 15) is 4.21 Å². The van der Waals surface area contributed by atoms with Crippen molar-refractivity contribution in [1.82, 2.24) is 0 Å². The summed E-state index contributed by atoms with van der Waals surface area (Å²) in [5, 5.41) is 0. The molecule has 0 fully saturated rings. The van der Waals surface area contributed by atoms with Crippen LogP contribution in [0.3, 0.4) is 0 Å². The molecule has 2 atom stereocenters. The fraction of sp³-hybridized carbons (Fsp3) is 0.250. The summed E-state index contributed by atoms with van der Waals surface area (Å²) in [6, 6.07) is 18.2. The minimum absolute atomic E-state index is 0.313. The van der Waals surface area contributed by atoms with E-state index in [-0.39, 0.29) is 0 Å². The van der Waals surface area contributed by atoms with E-state index < -0.39 is 10.8 Å². The molecule has 94 valence electrons. The molecule has 0 aliphatic rings. The highest BCUT2D eigenvalue weighted by Crippen LogP contribution is 2.19. The van der Waals surface area contributed by atoms with Gasteiger partial charge in [-0.05, 0) is 30.5 Å². The molecule has 2 heteroatoms. The van der Waals surface area contributed by atoms with Gasteiger partial charge >= 0.3 is 0 Å². The van der Waals surface area contributed by atoms with Crippen LogP contribution >= 0.6 is 0 Å². The summed E-state index contributed by atoms with van der Waals surface area (Å²) in [5.41, 5.74) is 2.45. The molecule has 2 aromatic rings.